The molecule has 0 spiro atoms. The summed E-state index contributed by atoms with van der Waals surface area (Å²) in [5, 5.41) is 44.1. The predicted octanol–water partition coefficient (Wildman–Crippen LogP) is 1.45. The fourth-order valence-corrected chi connectivity index (χ4v) is 5.66. The van der Waals surface area contributed by atoms with Crippen molar-refractivity contribution in [1.82, 2.24) is 0 Å². The van der Waals surface area contributed by atoms with E-state index in [1.165, 1.54) is 32.2 Å². The van der Waals surface area contributed by atoms with Crippen molar-refractivity contribution in [3.8, 4) is 17.2 Å². The first-order valence-corrected chi connectivity index (χ1v) is 12.2. The summed E-state index contributed by atoms with van der Waals surface area (Å²) in [5.74, 6) is -3.18. The van der Waals surface area contributed by atoms with Gasteiger partial charge in [-0.25, -0.2) is 0 Å². The van der Waals surface area contributed by atoms with Gasteiger partial charge in [-0.1, -0.05) is 12.1 Å². The fraction of sp³-hybridized carbons (Fsp3) is 0.444. The molecule has 3 aliphatic rings. The SMILES string of the molecule is COc1cccc2c1C(=O)c1c(O)c3c(c(O)c1C2=O)C[C@](O)(C(C)=O)C[C@@H]3OC1CC(N)C(O)C(C)O1.Cl. The Morgan fingerprint density at radius 3 is 2.41 bits per heavy atom. The van der Waals surface area contributed by atoms with Gasteiger partial charge in [-0.3, -0.25) is 14.4 Å². The molecule has 0 bridgehead atoms. The van der Waals surface area contributed by atoms with Crippen LogP contribution in [0.4, 0.5) is 0 Å². The number of hydrogen-bond acceptors (Lipinski definition) is 11. The third kappa shape index (κ3) is 4.39. The van der Waals surface area contributed by atoms with Crippen LogP contribution in [0.2, 0.25) is 0 Å². The van der Waals surface area contributed by atoms with Crippen molar-refractivity contribution in [1.29, 1.82) is 0 Å². The minimum Gasteiger partial charge on any atom is -0.507 e. The number of aliphatic hydroxyl groups is 2. The van der Waals surface area contributed by atoms with Gasteiger partial charge in [-0.15, -0.1) is 12.4 Å². The van der Waals surface area contributed by atoms with Crippen LogP contribution in [-0.2, 0) is 20.7 Å². The van der Waals surface area contributed by atoms with Crippen molar-refractivity contribution in [2.45, 2.75) is 69.4 Å². The highest BCUT2D eigenvalue weighted by molar-refractivity contribution is 6.31. The number of rotatable bonds is 4. The van der Waals surface area contributed by atoms with Crippen LogP contribution >= 0.6 is 12.4 Å². The van der Waals surface area contributed by atoms with Crippen LogP contribution < -0.4 is 10.5 Å². The first-order chi connectivity index (χ1) is 17.9. The topological polar surface area (TPSA) is 186 Å². The van der Waals surface area contributed by atoms with Gasteiger partial charge in [0.15, 0.2) is 17.9 Å². The molecule has 0 amide bonds. The average Bonchev–Trinajstić information content (AvgIpc) is 2.87. The monoisotopic (exact) mass is 563 g/mol. The number of carbonyl (C=O) groups excluding carboxylic acids is 3. The van der Waals surface area contributed by atoms with Crippen LogP contribution in [0.25, 0.3) is 0 Å². The average molecular weight is 564 g/mol. The lowest BCUT2D eigenvalue weighted by atomic mass is 9.72. The van der Waals surface area contributed by atoms with Crippen LogP contribution in [0.5, 0.6) is 17.2 Å². The van der Waals surface area contributed by atoms with Crippen molar-refractivity contribution < 1.29 is 49.0 Å². The number of Topliss-reactive ketones (excluding diaryl/α,β-unsaturated/α-hetero) is 1. The number of hydrogen-bond donors (Lipinski definition) is 5. The minimum absolute atomic E-state index is 0. The number of halogens is 1. The lowest BCUT2D eigenvalue weighted by molar-refractivity contribution is -0.247. The van der Waals surface area contributed by atoms with Crippen molar-refractivity contribution in [3.05, 3.63) is 51.6 Å². The Morgan fingerprint density at radius 2 is 1.79 bits per heavy atom. The Kier molecular flexibility index (Phi) is 7.54. The van der Waals surface area contributed by atoms with E-state index in [9.17, 15) is 34.8 Å². The number of aromatic hydroxyl groups is 2. The first kappa shape index (κ1) is 28.9. The summed E-state index contributed by atoms with van der Waals surface area (Å²) < 4.78 is 17.1. The summed E-state index contributed by atoms with van der Waals surface area (Å²) in [6.45, 7) is 2.79. The van der Waals surface area contributed by atoms with E-state index in [1.807, 2.05) is 0 Å². The molecule has 12 heteroatoms. The highest BCUT2D eigenvalue weighted by Crippen LogP contribution is 2.52. The smallest absolute Gasteiger partial charge is 0.202 e. The molecule has 0 radical (unpaired) electrons. The third-order valence-corrected chi connectivity index (χ3v) is 7.80. The molecule has 0 aromatic heterocycles. The quantitative estimate of drug-likeness (QED) is 0.289. The fourth-order valence-electron chi connectivity index (χ4n) is 5.66. The molecule has 6 atom stereocenters. The van der Waals surface area contributed by atoms with Gasteiger partial charge in [-0.05, 0) is 19.9 Å². The van der Waals surface area contributed by atoms with E-state index in [2.05, 4.69) is 0 Å². The molecule has 1 fully saturated rings. The molecule has 5 rings (SSSR count). The maximum atomic E-state index is 13.6. The van der Waals surface area contributed by atoms with E-state index in [4.69, 9.17) is 19.9 Å². The molecule has 1 saturated heterocycles. The zero-order valence-corrected chi connectivity index (χ0v) is 22.3. The normalized spacial score (nSPS) is 29.5. The highest BCUT2D eigenvalue weighted by atomic mass is 35.5. The molecule has 1 heterocycles. The van der Waals surface area contributed by atoms with Gasteiger partial charge in [-0.2, -0.15) is 0 Å². The van der Waals surface area contributed by atoms with Gasteiger partial charge in [0.2, 0.25) is 5.78 Å². The second kappa shape index (κ2) is 10.2. The maximum absolute atomic E-state index is 13.6. The predicted molar refractivity (Wildman–Crippen MR) is 138 cm³/mol. The Balaban J connectivity index is 0.00000353. The summed E-state index contributed by atoms with van der Waals surface area (Å²) in [5.41, 5.74) is 2.97. The van der Waals surface area contributed by atoms with E-state index >= 15 is 0 Å². The van der Waals surface area contributed by atoms with Crippen molar-refractivity contribution in [2.75, 3.05) is 7.11 Å². The lowest BCUT2D eigenvalue weighted by Crippen LogP contribution is -2.52. The number of ketones is 3. The number of methoxy groups -OCH3 is 1. The Labute approximate surface area is 229 Å². The van der Waals surface area contributed by atoms with Crippen molar-refractivity contribution >= 4 is 29.8 Å². The molecular formula is C27H30ClNO10. The van der Waals surface area contributed by atoms with Gasteiger partial charge >= 0.3 is 0 Å². The second-order valence-corrected chi connectivity index (χ2v) is 10.1. The van der Waals surface area contributed by atoms with E-state index in [-0.39, 0.29) is 53.3 Å². The zero-order valence-electron chi connectivity index (χ0n) is 21.5. The van der Waals surface area contributed by atoms with Crippen LogP contribution in [0, 0.1) is 0 Å². The summed E-state index contributed by atoms with van der Waals surface area (Å²) in [7, 11) is 1.34. The van der Waals surface area contributed by atoms with E-state index in [0.717, 1.165) is 0 Å². The highest BCUT2D eigenvalue weighted by Gasteiger charge is 2.49. The second-order valence-electron chi connectivity index (χ2n) is 10.1. The van der Waals surface area contributed by atoms with Gasteiger partial charge in [0.1, 0.15) is 22.8 Å². The third-order valence-electron chi connectivity index (χ3n) is 7.80. The number of phenolic OH excluding ortho intramolecular Hbond substituents is 2. The Hall–Kier alpha value is -3.06. The van der Waals surface area contributed by atoms with E-state index in [1.54, 1.807) is 6.92 Å². The van der Waals surface area contributed by atoms with Gasteiger partial charge in [0.25, 0.3) is 0 Å². The zero-order chi connectivity index (χ0) is 27.7. The van der Waals surface area contributed by atoms with Crippen LogP contribution in [-0.4, -0.2) is 75.0 Å². The van der Waals surface area contributed by atoms with Crippen LogP contribution in [0.1, 0.15) is 75.8 Å². The Morgan fingerprint density at radius 1 is 1.13 bits per heavy atom. The van der Waals surface area contributed by atoms with Crippen LogP contribution in [0.3, 0.4) is 0 Å². The first-order valence-electron chi connectivity index (χ1n) is 12.2. The molecule has 2 aromatic carbocycles. The summed E-state index contributed by atoms with van der Waals surface area (Å²) in [6, 6.07) is 3.75. The van der Waals surface area contributed by atoms with Crippen molar-refractivity contribution in [2.24, 2.45) is 5.73 Å². The number of fused-ring (bicyclic) bond motifs is 3. The molecule has 1 aliphatic heterocycles. The van der Waals surface area contributed by atoms with Gasteiger partial charge in [0, 0.05) is 42.0 Å². The molecule has 4 unspecified atom stereocenters. The molecule has 11 nitrogen and oxygen atoms in total. The van der Waals surface area contributed by atoms with E-state index in [0.29, 0.717) is 0 Å². The Bertz CT molecular complexity index is 1370. The van der Waals surface area contributed by atoms with Crippen molar-refractivity contribution in [3.63, 3.8) is 0 Å². The van der Waals surface area contributed by atoms with Gasteiger partial charge < -0.3 is 40.4 Å². The minimum atomic E-state index is -2.00. The molecule has 0 saturated carbocycles. The number of ether oxygens (including phenoxy) is 3. The molecule has 2 aliphatic carbocycles. The molecule has 39 heavy (non-hydrogen) atoms. The molecule has 2 aromatic rings. The number of nitrogens with two attached hydrogens (primary N) is 1. The number of carbonyl (C=O) groups is 3. The van der Waals surface area contributed by atoms with E-state index < -0.39 is 82.6 Å². The van der Waals surface area contributed by atoms with Gasteiger partial charge in [0.05, 0.1) is 42.1 Å². The number of aliphatic hydroxyl groups excluding tert-OH is 1. The standard InChI is InChI=1S/C27H29NO10.ClH/c1-10-22(30)14(28)7-17(37-10)38-16-9-27(35,11(2)29)8-13-19(16)26(34)21-20(24(13)32)23(31)12-5-4-6-15(36-3)18(12)25(21)33;/h4-6,10,14,16-17,22,30,32,34-35H,7-9,28H2,1-3H3;1H/t10?,14?,16-,17?,22?,27+;/m0./s1. The van der Waals surface area contributed by atoms with Crippen LogP contribution in [0.15, 0.2) is 18.2 Å². The summed E-state index contributed by atoms with van der Waals surface area (Å²) in [6.07, 6.45) is -4.53. The summed E-state index contributed by atoms with van der Waals surface area (Å²) in [4.78, 5) is 39.6. The largest absolute Gasteiger partial charge is 0.507 e. The maximum Gasteiger partial charge on any atom is 0.202 e. The molecule has 6 N–H and O–H groups in total. The summed E-state index contributed by atoms with van der Waals surface area (Å²) >= 11 is 0. The molecular weight excluding hydrogens is 534 g/mol. The lowest BCUT2D eigenvalue weighted by Gasteiger charge is -2.42. The number of phenols is 2. The number of benzene rings is 2. The molecule has 210 valence electrons.